The predicted molar refractivity (Wildman–Crippen MR) is 127 cm³/mol. The van der Waals surface area contributed by atoms with Gasteiger partial charge in [-0.2, -0.15) is 0 Å². The quantitative estimate of drug-likeness (QED) is 0.162. The van der Waals surface area contributed by atoms with Gasteiger partial charge in [0.15, 0.2) is 6.29 Å². The van der Waals surface area contributed by atoms with E-state index in [2.05, 4.69) is 10.1 Å². The standard InChI is InChI=1S/C25H37NO10/c1-16(28)35-18-12-9-8-11-17(18)24(32)26-21-23(31)22(30)19(15-27)36-25(21)34-14-10-6-4-3-5-7-13-20(29)33-2/h8-9,11-12,19,21-23,25,27,30-31H,3-7,10,13-15H2,1-2H3,(H,26,32)/t19?,21?,22-,23?,25-/m1/s1. The summed E-state index contributed by atoms with van der Waals surface area (Å²) in [6.45, 7) is 0.939. The van der Waals surface area contributed by atoms with Crippen LogP contribution in [0.25, 0.3) is 0 Å². The molecular formula is C25H37NO10. The fraction of sp³-hybridized carbons (Fsp3) is 0.640. The third-order valence-corrected chi connectivity index (χ3v) is 5.85. The summed E-state index contributed by atoms with van der Waals surface area (Å²) in [5.41, 5.74) is 0.0598. The minimum atomic E-state index is -1.47. The van der Waals surface area contributed by atoms with Gasteiger partial charge in [-0.3, -0.25) is 14.4 Å². The van der Waals surface area contributed by atoms with Crippen molar-refractivity contribution in [3.63, 3.8) is 0 Å². The minimum absolute atomic E-state index is 0.0477. The highest BCUT2D eigenvalue weighted by Gasteiger charge is 2.45. The van der Waals surface area contributed by atoms with Gasteiger partial charge < -0.3 is 39.6 Å². The number of benzene rings is 1. The molecule has 3 unspecified atom stereocenters. The van der Waals surface area contributed by atoms with E-state index in [-0.39, 0.29) is 23.9 Å². The molecule has 36 heavy (non-hydrogen) atoms. The van der Waals surface area contributed by atoms with Gasteiger partial charge >= 0.3 is 11.9 Å². The molecule has 11 heteroatoms. The summed E-state index contributed by atoms with van der Waals surface area (Å²) in [6.07, 6.45) is 0.467. The summed E-state index contributed by atoms with van der Waals surface area (Å²) < 4.78 is 21.1. The van der Waals surface area contributed by atoms with Crippen molar-refractivity contribution in [3.8, 4) is 5.75 Å². The van der Waals surface area contributed by atoms with E-state index in [9.17, 15) is 29.7 Å². The average Bonchev–Trinajstić information content (AvgIpc) is 2.86. The number of carbonyl (C=O) groups is 3. The summed E-state index contributed by atoms with van der Waals surface area (Å²) in [5.74, 6) is -1.41. The molecule has 202 valence electrons. The Kier molecular flexibility index (Phi) is 12.8. The number of methoxy groups -OCH3 is 1. The van der Waals surface area contributed by atoms with Crippen LogP contribution >= 0.6 is 0 Å². The third-order valence-electron chi connectivity index (χ3n) is 5.85. The molecular weight excluding hydrogens is 474 g/mol. The molecule has 1 amide bonds. The molecule has 1 aromatic carbocycles. The Morgan fingerprint density at radius 3 is 2.33 bits per heavy atom. The number of esters is 2. The van der Waals surface area contributed by atoms with Crippen LogP contribution in [0.4, 0.5) is 0 Å². The molecule has 1 heterocycles. The molecule has 4 N–H and O–H groups in total. The van der Waals surface area contributed by atoms with Gasteiger partial charge in [-0.05, 0) is 25.0 Å². The van der Waals surface area contributed by atoms with Gasteiger partial charge in [0.05, 0.1) is 19.3 Å². The number of carbonyl (C=O) groups excluding carboxylic acids is 3. The lowest BCUT2D eigenvalue weighted by atomic mass is 9.96. The second-order valence-electron chi connectivity index (χ2n) is 8.61. The smallest absolute Gasteiger partial charge is 0.308 e. The number of rotatable bonds is 14. The van der Waals surface area contributed by atoms with E-state index in [4.69, 9.17) is 14.2 Å². The number of para-hydroxylation sites is 1. The Bertz CT molecular complexity index is 848. The van der Waals surface area contributed by atoms with E-state index < -0.39 is 49.1 Å². The number of nitrogens with one attached hydrogen (secondary N) is 1. The van der Waals surface area contributed by atoms with Crippen molar-refractivity contribution in [1.82, 2.24) is 5.32 Å². The van der Waals surface area contributed by atoms with Crippen molar-refractivity contribution in [2.24, 2.45) is 0 Å². The van der Waals surface area contributed by atoms with Crippen molar-refractivity contribution >= 4 is 17.8 Å². The van der Waals surface area contributed by atoms with Crippen molar-refractivity contribution in [1.29, 1.82) is 0 Å². The largest absolute Gasteiger partial charge is 0.469 e. The van der Waals surface area contributed by atoms with Crippen LogP contribution in [-0.2, 0) is 23.8 Å². The van der Waals surface area contributed by atoms with Crippen LogP contribution in [0.2, 0.25) is 0 Å². The fourth-order valence-corrected chi connectivity index (χ4v) is 3.89. The SMILES string of the molecule is COC(=O)CCCCCCCCO[C@@H]1OC(CO)[C@@H](O)C(O)C1NC(=O)c1ccccc1OC(C)=O. The Hall–Kier alpha value is -2.57. The molecule has 5 atom stereocenters. The van der Waals surface area contributed by atoms with Crippen LogP contribution in [-0.4, -0.2) is 84.1 Å². The Labute approximate surface area is 210 Å². The highest BCUT2D eigenvalue weighted by molar-refractivity contribution is 5.97. The van der Waals surface area contributed by atoms with E-state index in [1.54, 1.807) is 12.1 Å². The van der Waals surface area contributed by atoms with E-state index in [1.165, 1.54) is 26.2 Å². The van der Waals surface area contributed by atoms with Crippen LogP contribution < -0.4 is 10.1 Å². The van der Waals surface area contributed by atoms with Gasteiger partial charge in [-0.1, -0.05) is 37.8 Å². The summed E-state index contributed by atoms with van der Waals surface area (Å²) in [6, 6.07) is 4.98. The second-order valence-corrected chi connectivity index (χ2v) is 8.61. The zero-order valence-corrected chi connectivity index (χ0v) is 20.8. The summed E-state index contributed by atoms with van der Waals surface area (Å²) in [5, 5.41) is 33.1. The molecule has 1 aromatic rings. The Morgan fingerprint density at radius 1 is 1.00 bits per heavy atom. The highest BCUT2D eigenvalue weighted by Crippen LogP contribution is 2.24. The molecule has 1 aliphatic heterocycles. The van der Waals surface area contributed by atoms with Gasteiger partial charge in [0.2, 0.25) is 0 Å². The first-order valence-corrected chi connectivity index (χ1v) is 12.2. The Morgan fingerprint density at radius 2 is 1.67 bits per heavy atom. The maximum atomic E-state index is 12.9. The lowest BCUT2D eigenvalue weighted by Crippen LogP contribution is -2.64. The van der Waals surface area contributed by atoms with Crippen molar-refractivity contribution in [2.45, 2.75) is 82.5 Å². The van der Waals surface area contributed by atoms with Crippen molar-refractivity contribution in [3.05, 3.63) is 29.8 Å². The minimum Gasteiger partial charge on any atom is -0.469 e. The first-order chi connectivity index (χ1) is 17.3. The van der Waals surface area contributed by atoms with Crippen LogP contribution in [0.1, 0.15) is 62.2 Å². The van der Waals surface area contributed by atoms with Gasteiger partial charge in [-0.25, -0.2) is 0 Å². The summed E-state index contributed by atoms with van der Waals surface area (Å²) >= 11 is 0. The van der Waals surface area contributed by atoms with Crippen LogP contribution in [0.3, 0.4) is 0 Å². The second kappa shape index (κ2) is 15.5. The number of unbranched alkanes of at least 4 members (excludes halogenated alkanes) is 5. The summed E-state index contributed by atoms with van der Waals surface area (Å²) in [4.78, 5) is 35.4. The lowest BCUT2D eigenvalue weighted by Gasteiger charge is -2.42. The van der Waals surface area contributed by atoms with E-state index in [0.717, 1.165) is 32.1 Å². The number of ether oxygens (including phenoxy) is 4. The number of hydrogen-bond acceptors (Lipinski definition) is 10. The van der Waals surface area contributed by atoms with Crippen molar-refractivity contribution in [2.75, 3.05) is 20.3 Å². The normalized spacial score (nSPS) is 23.6. The number of amides is 1. The molecule has 0 bridgehead atoms. The monoisotopic (exact) mass is 511 g/mol. The Balaban J connectivity index is 1.91. The van der Waals surface area contributed by atoms with Gasteiger partial charge in [-0.15, -0.1) is 0 Å². The lowest BCUT2D eigenvalue weighted by molar-refractivity contribution is -0.269. The number of aliphatic hydroxyl groups excluding tert-OH is 3. The van der Waals surface area contributed by atoms with Gasteiger partial charge in [0, 0.05) is 20.0 Å². The molecule has 1 fully saturated rings. The maximum Gasteiger partial charge on any atom is 0.308 e. The van der Waals surface area contributed by atoms with Gasteiger partial charge in [0.25, 0.3) is 5.91 Å². The molecule has 0 radical (unpaired) electrons. The number of hydrogen-bond donors (Lipinski definition) is 4. The molecule has 2 rings (SSSR count). The van der Waals surface area contributed by atoms with Crippen LogP contribution in [0, 0.1) is 0 Å². The molecule has 0 aromatic heterocycles. The first kappa shape index (κ1) is 29.7. The zero-order valence-electron chi connectivity index (χ0n) is 20.8. The molecule has 0 saturated carbocycles. The average molecular weight is 512 g/mol. The molecule has 1 aliphatic rings. The zero-order chi connectivity index (χ0) is 26.5. The third kappa shape index (κ3) is 9.14. The molecule has 1 saturated heterocycles. The fourth-order valence-electron chi connectivity index (χ4n) is 3.89. The maximum absolute atomic E-state index is 12.9. The molecule has 0 spiro atoms. The van der Waals surface area contributed by atoms with Crippen LogP contribution in [0.15, 0.2) is 24.3 Å². The summed E-state index contributed by atoms with van der Waals surface area (Å²) in [7, 11) is 1.37. The first-order valence-electron chi connectivity index (χ1n) is 12.2. The molecule has 11 nitrogen and oxygen atoms in total. The van der Waals surface area contributed by atoms with Gasteiger partial charge in [0.1, 0.15) is 30.1 Å². The van der Waals surface area contributed by atoms with E-state index in [0.29, 0.717) is 12.8 Å². The van der Waals surface area contributed by atoms with Crippen LogP contribution in [0.5, 0.6) is 5.75 Å². The van der Waals surface area contributed by atoms with E-state index >= 15 is 0 Å². The number of aliphatic hydroxyl groups is 3. The highest BCUT2D eigenvalue weighted by atomic mass is 16.7. The predicted octanol–water partition coefficient (Wildman–Crippen LogP) is 1.07. The van der Waals surface area contributed by atoms with Crippen molar-refractivity contribution < 1.29 is 48.7 Å². The molecule has 0 aliphatic carbocycles. The topological polar surface area (TPSA) is 161 Å². The van der Waals surface area contributed by atoms with E-state index in [1.807, 2.05) is 0 Å².